The zero-order valence-corrected chi connectivity index (χ0v) is 16.0. The molecule has 4 rings (SSSR count). The van der Waals surface area contributed by atoms with Crippen LogP contribution >= 0.6 is 0 Å². The van der Waals surface area contributed by atoms with Crippen LogP contribution in [0.1, 0.15) is 0 Å². The van der Waals surface area contributed by atoms with E-state index in [4.69, 9.17) is 9.97 Å². The Hall–Kier alpha value is -3.66. The van der Waals surface area contributed by atoms with E-state index in [1.54, 1.807) is 0 Å². The van der Waals surface area contributed by atoms with E-state index in [-0.39, 0.29) is 0 Å². The fraction of sp³-hybridized carbons (Fsp3) is 0.0833. The van der Waals surface area contributed by atoms with Crippen molar-refractivity contribution in [2.45, 2.75) is 0 Å². The van der Waals surface area contributed by atoms with Crippen LogP contribution in [0, 0.1) is 0 Å². The van der Waals surface area contributed by atoms with Crippen molar-refractivity contribution in [1.29, 1.82) is 0 Å². The summed E-state index contributed by atoms with van der Waals surface area (Å²) in [5.74, 6) is 0. The Labute approximate surface area is 165 Å². The number of rotatable bonds is 5. The van der Waals surface area contributed by atoms with Crippen molar-refractivity contribution in [3.8, 4) is 33.9 Å². The van der Waals surface area contributed by atoms with Gasteiger partial charge in [-0.15, -0.1) is 0 Å². The molecule has 0 fully saturated rings. The molecule has 4 aromatic rings. The van der Waals surface area contributed by atoms with Crippen molar-refractivity contribution in [3.05, 3.63) is 84.9 Å². The zero-order chi connectivity index (χ0) is 19.3. The number of pyridine rings is 2. The molecule has 2 aromatic heterocycles. The maximum atomic E-state index is 4.85. The molecule has 0 saturated heterocycles. The Balaban J connectivity index is 1.72. The minimum atomic E-state index is 0.860. The first-order valence-corrected chi connectivity index (χ1v) is 9.28. The maximum absolute atomic E-state index is 4.85. The van der Waals surface area contributed by atoms with Gasteiger partial charge in [-0.1, -0.05) is 36.4 Å². The number of anilines is 2. The fourth-order valence-electron chi connectivity index (χ4n) is 3.14. The van der Waals surface area contributed by atoms with Crippen LogP contribution in [0.4, 0.5) is 11.4 Å². The third-order valence-electron chi connectivity index (χ3n) is 4.65. The van der Waals surface area contributed by atoms with Gasteiger partial charge in [0.2, 0.25) is 0 Å². The summed E-state index contributed by atoms with van der Waals surface area (Å²) in [4.78, 5) is 9.71. The van der Waals surface area contributed by atoms with Gasteiger partial charge in [0.1, 0.15) is 0 Å². The highest BCUT2D eigenvalue weighted by Gasteiger charge is 2.07. The van der Waals surface area contributed by atoms with Crippen molar-refractivity contribution < 1.29 is 0 Å². The summed E-state index contributed by atoms with van der Waals surface area (Å²) in [6, 6.07) is 28.6. The molecule has 2 N–H and O–H groups in total. The standard InChI is InChI=1S/C24H22N4/c1-25-19-9-3-7-17(15-19)21-11-5-13-23(27-21)24-14-6-12-22(28-24)18-8-4-10-20(16-18)26-2/h3-16,25-26H,1-2H3. The predicted molar refractivity (Wildman–Crippen MR) is 117 cm³/mol. The van der Waals surface area contributed by atoms with Crippen molar-refractivity contribution in [1.82, 2.24) is 9.97 Å². The van der Waals surface area contributed by atoms with Gasteiger partial charge in [0.05, 0.1) is 22.8 Å². The van der Waals surface area contributed by atoms with Gasteiger partial charge in [0, 0.05) is 36.6 Å². The molecule has 0 saturated carbocycles. The van der Waals surface area contributed by atoms with Crippen LogP contribution in [0.25, 0.3) is 33.9 Å². The predicted octanol–water partition coefficient (Wildman–Crippen LogP) is 5.56. The molecule has 0 amide bonds. The van der Waals surface area contributed by atoms with Gasteiger partial charge in [-0.3, -0.25) is 0 Å². The largest absolute Gasteiger partial charge is 0.388 e. The molecule has 0 aliphatic carbocycles. The quantitative estimate of drug-likeness (QED) is 0.485. The highest BCUT2D eigenvalue weighted by Crippen LogP contribution is 2.26. The topological polar surface area (TPSA) is 49.8 Å². The van der Waals surface area contributed by atoms with E-state index >= 15 is 0 Å². The molecular formula is C24H22N4. The van der Waals surface area contributed by atoms with Gasteiger partial charge in [-0.05, 0) is 48.5 Å². The number of nitrogens with one attached hydrogen (secondary N) is 2. The van der Waals surface area contributed by atoms with Crippen LogP contribution in [-0.2, 0) is 0 Å². The lowest BCUT2D eigenvalue weighted by atomic mass is 10.1. The molecule has 0 aliphatic rings. The molecular weight excluding hydrogens is 344 g/mol. The molecule has 0 bridgehead atoms. The molecule has 28 heavy (non-hydrogen) atoms. The molecule has 4 nitrogen and oxygen atoms in total. The van der Waals surface area contributed by atoms with Crippen LogP contribution in [0.15, 0.2) is 84.9 Å². The first-order chi connectivity index (χ1) is 13.8. The first kappa shape index (κ1) is 17.7. The lowest BCUT2D eigenvalue weighted by Crippen LogP contribution is -1.93. The van der Waals surface area contributed by atoms with Crippen LogP contribution in [0.5, 0.6) is 0 Å². The average molecular weight is 366 g/mol. The minimum absolute atomic E-state index is 0.860. The normalized spacial score (nSPS) is 10.5. The molecule has 0 unspecified atom stereocenters. The third kappa shape index (κ3) is 3.71. The van der Waals surface area contributed by atoms with Crippen molar-refractivity contribution >= 4 is 11.4 Å². The third-order valence-corrected chi connectivity index (χ3v) is 4.65. The van der Waals surface area contributed by atoms with Crippen LogP contribution in [0.3, 0.4) is 0 Å². The van der Waals surface area contributed by atoms with Crippen LogP contribution in [-0.4, -0.2) is 24.1 Å². The summed E-state index contributed by atoms with van der Waals surface area (Å²) in [6.45, 7) is 0. The van der Waals surface area contributed by atoms with E-state index in [1.807, 2.05) is 74.8 Å². The van der Waals surface area contributed by atoms with Gasteiger partial charge >= 0.3 is 0 Å². The van der Waals surface area contributed by atoms with Crippen molar-refractivity contribution in [2.24, 2.45) is 0 Å². The minimum Gasteiger partial charge on any atom is -0.388 e. The average Bonchev–Trinajstić information content (AvgIpc) is 2.79. The molecule has 2 heterocycles. The second-order valence-corrected chi connectivity index (χ2v) is 6.48. The van der Waals surface area contributed by atoms with Crippen LogP contribution < -0.4 is 10.6 Å². The Morgan fingerprint density at radius 2 is 0.893 bits per heavy atom. The summed E-state index contributed by atoms with van der Waals surface area (Å²) in [7, 11) is 3.84. The number of hydrogen-bond donors (Lipinski definition) is 2. The Bertz CT molecular complexity index is 1020. The number of nitrogens with zero attached hydrogens (tertiary/aromatic N) is 2. The Morgan fingerprint density at radius 1 is 0.500 bits per heavy atom. The molecule has 2 aromatic carbocycles. The van der Waals surface area contributed by atoms with E-state index in [9.17, 15) is 0 Å². The summed E-state index contributed by atoms with van der Waals surface area (Å²) >= 11 is 0. The van der Waals surface area contributed by atoms with Gasteiger partial charge < -0.3 is 10.6 Å². The molecule has 138 valence electrons. The summed E-state index contributed by atoms with van der Waals surface area (Å²) < 4.78 is 0. The zero-order valence-electron chi connectivity index (χ0n) is 16.0. The number of benzene rings is 2. The second kappa shape index (κ2) is 7.92. The maximum Gasteiger partial charge on any atom is 0.0893 e. The van der Waals surface area contributed by atoms with Gasteiger partial charge in [-0.25, -0.2) is 9.97 Å². The monoisotopic (exact) mass is 366 g/mol. The lowest BCUT2D eigenvalue weighted by Gasteiger charge is -2.09. The summed E-state index contributed by atoms with van der Waals surface area (Å²) in [6.07, 6.45) is 0. The van der Waals surface area contributed by atoms with Gasteiger partial charge in [0.15, 0.2) is 0 Å². The number of hydrogen-bond acceptors (Lipinski definition) is 4. The van der Waals surface area contributed by atoms with E-state index < -0.39 is 0 Å². The highest BCUT2D eigenvalue weighted by molar-refractivity contribution is 5.70. The van der Waals surface area contributed by atoms with Crippen LogP contribution in [0.2, 0.25) is 0 Å². The van der Waals surface area contributed by atoms with Gasteiger partial charge in [0.25, 0.3) is 0 Å². The Kier molecular flexibility index (Phi) is 5.02. The van der Waals surface area contributed by atoms with Gasteiger partial charge in [-0.2, -0.15) is 0 Å². The fourth-order valence-corrected chi connectivity index (χ4v) is 3.14. The smallest absolute Gasteiger partial charge is 0.0893 e. The SMILES string of the molecule is CNc1cccc(-c2cccc(-c3cccc(-c4cccc(NC)c4)n3)n2)c1. The lowest BCUT2D eigenvalue weighted by molar-refractivity contribution is 1.25. The molecule has 4 heteroatoms. The molecule has 0 aliphatic heterocycles. The second-order valence-electron chi connectivity index (χ2n) is 6.48. The van der Waals surface area contributed by atoms with E-state index in [1.165, 1.54) is 0 Å². The first-order valence-electron chi connectivity index (χ1n) is 9.28. The van der Waals surface area contributed by atoms with Crippen molar-refractivity contribution in [3.63, 3.8) is 0 Å². The highest BCUT2D eigenvalue weighted by atomic mass is 14.8. The van der Waals surface area contributed by atoms with E-state index in [0.717, 1.165) is 45.3 Å². The molecule has 0 atom stereocenters. The summed E-state index contributed by atoms with van der Waals surface area (Å²) in [5, 5.41) is 6.35. The Morgan fingerprint density at radius 3 is 1.32 bits per heavy atom. The molecule has 0 spiro atoms. The van der Waals surface area contributed by atoms with E-state index in [0.29, 0.717) is 0 Å². The number of aromatic nitrogens is 2. The molecule has 0 radical (unpaired) electrons. The summed E-state index contributed by atoms with van der Waals surface area (Å²) in [5.41, 5.74) is 7.86. The van der Waals surface area contributed by atoms with Crippen molar-refractivity contribution in [2.75, 3.05) is 24.7 Å². The van der Waals surface area contributed by atoms with E-state index in [2.05, 4.69) is 34.9 Å².